The van der Waals surface area contributed by atoms with Gasteiger partial charge < -0.3 is 4.57 Å². The molecule has 10 heavy (non-hydrogen) atoms. The second-order valence-electron chi connectivity index (χ2n) is 2.29. The molecule has 0 aromatic carbocycles. The van der Waals surface area contributed by atoms with Gasteiger partial charge in [0.2, 0.25) is 0 Å². The Morgan fingerprint density at radius 3 is 3.00 bits per heavy atom. The van der Waals surface area contributed by atoms with Crippen LogP contribution < -0.4 is 0 Å². The SMILES string of the molecule is CCCCn1cnc(Cl)c1. The van der Waals surface area contributed by atoms with Crippen LogP contribution in [-0.4, -0.2) is 9.55 Å². The summed E-state index contributed by atoms with van der Waals surface area (Å²) in [6.45, 7) is 3.19. The van der Waals surface area contributed by atoms with Crippen LogP contribution in [0.5, 0.6) is 0 Å². The van der Waals surface area contributed by atoms with Crippen LogP contribution in [0.1, 0.15) is 19.8 Å². The standard InChI is InChI=1S/C7H11ClN2/c1-2-3-4-10-5-7(8)9-6-10/h5-6H,2-4H2,1H3. The maximum absolute atomic E-state index is 5.61. The summed E-state index contributed by atoms with van der Waals surface area (Å²) in [5, 5.41) is 0.580. The fourth-order valence-corrected chi connectivity index (χ4v) is 0.965. The van der Waals surface area contributed by atoms with Crippen molar-refractivity contribution in [2.45, 2.75) is 26.3 Å². The van der Waals surface area contributed by atoms with Gasteiger partial charge in [0.05, 0.1) is 6.33 Å². The minimum Gasteiger partial charge on any atom is -0.336 e. The average Bonchev–Trinajstić information content (AvgIpc) is 2.31. The molecule has 3 heteroatoms. The first-order valence-electron chi connectivity index (χ1n) is 3.50. The molecule has 0 spiro atoms. The topological polar surface area (TPSA) is 17.8 Å². The molecule has 0 atom stereocenters. The van der Waals surface area contributed by atoms with E-state index in [9.17, 15) is 0 Å². The Morgan fingerprint density at radius 1 is 1.70 bits per heavy atom. The fraction of sp³-hybridized carbons (Fsp3) is 0.571. The Labute approximate surface area is 65.8 Å². The van der Waals surface area contributed by atoms with Crippen LogP contribution in [0.4, 0.5) is 0 Å². The quantitative estimate of drug-likeness (QED) is 0.661. The smallest absolute Gasteiger partial charge is 0.146 e. The van der Waals surface area contributed by atoms with Crippen molar-refractivity contribution in [3.05, 3.63) is 17.7 Å². The van der Waals surface area contributed by atoms with Gasteiger partial charge in [-0.1, -0.05) is 24.9 Å². The van der Waals surface area contributed by atoms with E-state index in [1.165, 1.54) is 12.8 Å². The van der Waals surface area contributed by atoms with E-state index in [0.717, 1.165) is 6.54 Å². The lowest BCUT2D eigenvalue weighted by atomic mass is 10.3. The number of halogens is 1. The second-order valence-corrected chi connectivity index (χ2v) is 2.68. The van der Waals surface area contributed by atoms with Crippen LogP contribution in [-0.2, 0) is 6.54 Å². The van der Waals surface area contributed by atoms with E-state index in [1.807, 2.05) is 10.8 Å². The van der Waals surface area contributed by atoms with E-state index in [1.54, 1.807) is 6.33 Å². The first kappa shape index (κ1) is 7.61. The molecule has 0 unspecified atom stereocenters. The van der Waals surface area contributed by atoms with Crippen molar-refractivity contribution >= 4 is 11.6 Å². The highest BCUT2D eigenvalue weighted by Gasteiger charge is 1.92. The number of imidazole rings is 1. The largest absolute Gasteiger partial charge is 0.336 e. The number of aromatic nitrogens is 2. The molecule has 0 N–H and O–H groups in total. The summed E-state index contributed by atoms with van der Waals surface area (Å²) in [5.74, 6) is 0. The molecular weight excluding hydrogens is 148 g/mol. The van der Waals surface area contributed by atoms with Crippen LogP contribution in [0, 0.1) is 0 Å². The normalized spacial score (nSPS) is 10.2. The molecule has 0 bridgehead atoms. The van der Waals surface area contributed by atoms with Crippen LogP contribution in [0.2, 0.25) is 5.15 Å². The van der Waals surface area contributed by atoms with E-state index in [-0.39, 0.29) is 0 Å². The minimum atomic E-state index is 0.580. The molecule has 1 heterocycles. The molecule has 0 amide bonds. The molecule has 1 rings (SSSR count). The third-order valence-corrected chi connectivity index (χ3v) is 1.57. The molecule has 1 aromatic rings. The summed E-state index contributed by atoms with van der Waals surface area (Å²) < 4.78 is 2.01. The first-order valence-corrected chi connectivity index (χ1v) is 3.88. The maximum Gasteiger partial charge on any atom is 0.146 e. The van der Waals surface area contributed by atoms with Crippen LogP contribution >= 0.6 is 11.6 Å². The Hall–Kier alpha value is -0.500. The second kappa shape index (κ2) is 3.62. The lowest BCUT2D eigenvalue weighted by molar-refractivity contribution is 0.631. The van der Waals surface area contributed by atoms with Crippen molar-refractivity contribution in [1.29, 1.82) is 0 Å². The molecule has 0 aliphatic carbocycles. The first-order chi connectivity index (χ1) is 4.83. The van der Waals surface area contributed by atoms with Gasteiger partial charge in [-0.05, 0) is 6.42 Å². The number of hydrogen-bond donors (Lipinski definition) is 0. The van der Waals surface area contributed by atoms with Crippen LogP contribution in [0.3, 0.4) is 0 Å². The summed E-state index contributed by atoms with van der Waals surface area (Å²) in [6, 6.07) is 0. The highest BCUT2D eigenvalue weighted by Crippen LogP contribution is 2.03. The highest BCUT2D eigenvalue weighted by molar-refractivity contribution is 6.29. The zero-order valence-electron chi connectivity index (χ0n) is 6.05. The monoisotopic (exact) mass is 158 g/mol. The summed E-state index contributed by atoms with van der Waals surface area (Å²) in [4.78, 5) is 3.90. The molecule has 0 radical (unpaired) electrons. The van der Waals surface area contributed by atoms with Gasteiger partial charge in [0.15, 0.2) is 0 Å². The molecule has 2 nitrogen and oxygen atoms in total. The number of aryl methyl sites for hydroxylation is 1. The van der Waals surface area contributed by atoms with Crippen molar-refractivity contribution in [2.24, 2.45) is 0 Å². The van der Waals surface area contributed by atoms with E-state index in [4.69, 9.17) is 11.6 Å². The van der Waals surface area contributed by atoms with Gasteiger partial charge in [-0.15, -0.1) is 0 Å². The summed E-state index contributed by atoms with van der Waals surface area (Å²) >= 11 is 5.61. The van der Waals surface area contributed by atoms with Gasteiger partial charge in [0.1, 0.15) is 5.15 Å². The molecule has 56 valence electrons. The summed E-state index contributed by atoms with van der Waals surface area (Å²) in [5.41, 5.74) is 0. The summed E-state index contributed by atoms with van der Waals surface area (Å²) in [7, 11) is 0. The number of hydrogen-bond acceptors (Lipinski definition) is 1. The Balaban J connectivity index is 2.42. The van der Waals surface area contributed by atoms with E-state index in [0.29, 0.717) is 5.15 Å². The number of nitrogens with zero attached hydrogens (tertiary/aromatic N) is 2. The molecule has 0 fully saturated rings. The van der Waals surface area contributed by atoms with Crippen molar-refractivity contribution in [2.75, 3.05) is 0 Å². The molecule has 1 aromatic heterocycles. The molecular formula is C7H11ClN2. The van der Waals surface area contributed by atoms with Crippen LogP contribution in [0.15, 0.2) is 12.5 Å². The highest BCUT2D eigenvalue weighted by atomic mass is 35.5. The Kier molecular flexibility index (Phi) is 2.75. The predicted molar refractivity (Wildman–Crippen MR) is 42.1 cm³/mol. The van der Waals surface area contributed by atoms with Gasteiger partial charge in [0, 0.05) is 12.7 Å². The molecule has 0 aliphatic heterocycles. The summed E-state index contributed by atoms with van der Waals surface area (Å²) in [6.07, 6.45) is 6.00. The van der Waals surface area contributed by atoms with Gasteiger partial charge in [-0.2, -0.15) is 0 Å². The number of unbranched alkanes of at least 4 members (excludes halogenated alkanes) is 1. The zero-order valence-corrected chi connectivity index (χ0v) is 6.80. The average molecular weight is 159 g/mol. The Morgan fingerprint density at radius 2 is 2.50 bits per heavy atom. The lowest BCUT2D eigenvalue weighted by Crippen LogP contribution is -1.92. The van der Waals surface area contributed by atoms with Crippen molar-refractivity contribution in [3.63, 3.8) is 0 Å². The van der Waals surface area contributed by atoms with Crippen molar-refractivity contribution in [3.8, 4) is 0 Å². The third-order valence-electron chi connectivity index (χ3n) is 1.37. The third kappa shape index (κ3) is 2.03. The predicted octanol–water partition coefficient (Wildman–Crippen LogP) is 2.34. The minimum absolute atomic E-state index is 0.580. The molecule has 0 saturated carbocycles. The van der Waals surface area contributed by atoms with Crippen molar-refractivity contribution in [1.82, 2.24) is 9.55 Å². The maximum atomic E-state index is 5.61. The van der Waals surface area contributed by atoms with Gasteiger partial charge in [0.25, 0.3) is 0 Å². The zero-order chi connectivity index (χ0) is 7.40. The molecule has 0 saturated heterocycles. The fourth-order valence-electron chi connectivity index (χ4n) is 0.796. The van der Waals surface area contributed by atoms with Gasteiger partial charge in [-0.3, -0.25) is 0 Å². The van der Waals surface area contributed by atoms with Crippen LogP contribution in [0.25, 0.3) is 0 Å². The van der Waals surface area contributed by atoms with E-state index in [2.05, 4.69) is 11.9 Å². The number of rotatable bonds is 3. The Bertz CT molecular complexity index is 195. The lowest BCUT2D eigenvalue weighted by Gasteiger charge is -1.96. The van der Waals surface area contributed by atoms with Gasteiger partial charge in [-0.25, -0.2) is 4.98 Å². The van der Waals surface area contributed by atoms with Gasteiger partial charge >= 0.3 is 0 Å². The van der Waals surface area contributed by atoms with Crippen molar-refractivity contribution < 1.29 is 0 Å². The van der Waals surface area contributed by atoms with E-state index < -0.39 is 0 Å². The van der Waals surface area contributed by atoms with E-state index >= 15 is 0 Å². The molecule has 0 aliphatic rings.